The zero-order valence-corrected chi connectivity index (χ0v) is 10.6. The Morgan fingerprint density at radius 1 is 1.26 bits per heavy atom. The standard InChI is InChI=1S/C14H17NO4/c16-11-5-4-9(8-12(11)17)14(18)15-6-7-19-13-3-1-2-10(13)15/h4-5,8,10,13,16-17H,1-3,6-7H2. The topological polar surface area (TPSA) is 70.0 Å². The third kappa shape index (κ3) is 2.14. The van der Waals surface area contributed by atoms with Gasteiger partial charge in [-0.15, -0.1) is 0 Å². The average Bonchev–Trinajstić information content (AvgIpc) is 2.89. The van der Waals surface area contributed by atoms with Crippen molar-refractivity contribution in [3.63, 3.8) is 0 Å². The second-order valence-electron chi connectivity index (χ2n) is 5.11. The van der Waals surface area contributed by atoms with Gasteiger partial charge in [0.15, 0.2) is 11.5 Å². The molecular formula is C14H17NO4. The second-order valence-corrected chi connectivity index (χ2v) is 5.11. The molecule has 2 N–H and O–H groups in total. The van der Waals surface area contributed by atoms with E-state index in [1.54, 1.807) is 0 Å². The molecule has 0 aromatic heterocycles. The SMILES string of the molecule is O=C(c1ccc(O)c(O)c1)N1CCOC2CCCC21. The largest absolute Gasteiger partial charge is 0.504 e. The number of phenols is 2. The van der Waals surface area contributed by atoms with Crippen molar-refractivity contribution in [3.05, 3.63) is 23.8 Å². The first kappa shape index (κ1) is 12.3. The Morgan fingerprint density at radius 2 is 2.11 bits per heavy atom. The van der Waals surface area contributed by atoms with Crippen LogP contribution in [0.2, 0.25) is 0 Å². The van der Waals surface area contributed by atoms with E-state index in [4.69, 9.17) is 4.74 Å². The molecule has 0 bridgehead atoms. The van der Waals surface area contributed by atoms with E-state index in [9.17, 15) is 15.0 Å². The molecule has 1 amide bonds. The van der Waals surface area contributed by atoms with Gasteiger partial charge in [0.05, 0.1) is 18.8 Å². The van der Waals surface area contributed by atoms with Crippen LogP contribution in [-0.2, 0) is 4.74 Å². The molecule has 0 spiro atoms. The number of hydrogen-bond acceptors (Lipinski definition) is 4. The Kier molecular flexibility index (Phi) is 3.06. The van der Waals surface area contributed by atoms with Gasteiger partial charge in [0.2, 0.25) is 0 Å². The van der Waals surface area contributed by atoms with E-state index < -0.39 is 0 Å². The van der Waals surface area contributed by atoms with Gasteiger partial charge in [-0.2, -0.15) is 0 Å². The molecule has 1 saturated heterocycles. The number of nitrogens with zero attached hydrogens (tertiary/aromatic N) is 1. The van der Waals surface area contributed by atoms with Crippen molar-refractivity contribution in [3.8, 4) is 11.5 Å². The summed E-state index contributed by atoms with van der Waals surface area (Å²) in [6.45, 7) is 1.15. The molecule has 1 aliphatic carbocycles. The van der Waals surface area contributed by atoms with Crippen molar-refractivity contribution in [1.82, 2.24) is 4.90 Å². The molecule has 3 rings (SSSR count). The third-order valence-corrected chi connectivity index (χ3v) is 3.97. The van der Waals surface area contributed by atoms with Gasteiger partial charge in [-0.05, 0) is 37.5 Å². The van der Waals surface area contributed by atoms with Gasteiger partial charge in [-0.1, -0.05) is 0 Å². The Bertz CT molecular complexity index is 502. The lowest BCUT2D eigenvalue weighted by Gasteiger charge is -2.37. The van der Waals surface area contributed by atoms with Gasteiger partial charge >= 0.3 is 0 Å². The van der Waals surface area contributed by atoms with Crippen molar-refractivity contribution in [2.24, 2.45) is 0 Å². The smallest absolute Gasteiger partial charge is 0.254 e. The number of morpholine rings is 1. The molecule has 2 unspecified atom stereocenters. The summed E-state index contributed by atoms with van der Waals surface area (Å²) in [5.41, 5.74) is 0.405. The van der Waals surface area contributed by atoms with Crippen LogP contribution in [0.5, 0.6) is 11.5 Å². The number of ether oxygens (including phenoxy) is 1. The summed E-state index contributed by atoms with van der Waals surface area (Å²) in [6, 6.07) is 4.35. The minimum Gasteiger partial charge on any atom is -0.504 e. The number of fused-ring (bicyclic) bond motifs is 1. The molecule has 0 radical (unpaired) electrons. The maximum absolute atomic E-state index is 12.5. The molecule has 1 aromatic carbocycles. The van der Waals surface area contributed by atoms with Gasteiger partial charge < -0.3 is 19.8 Å². The quantitative estimate of drug-likeness (QED) is 0.753. The average molecular weight is 263 g/mol. The van der Waals surface area contributed by atoms with E-state index in [0.29, 0.717) is 18.7 Å². The van der Waals surface area contributed by atoms with Crippen LogP contribution in [0.1, 0.15) is 29.6 Å². The van der Waals surface area contributed by atoms with Crippen molar-refractivity contribution in [1.29, 1.82) is 0 Å². The van der Waals surface area contributed by atoms with Crippen LogP contribution in [0.15, 0.2) is 18.2 Å². The maximum Gasteiger partial charge on any atom is 0.254 e. The van der Waals surface area contributed by atoms with E-state index in [2.05, 4.69) is 0 Å². The summed E-state index contributed by atoms with van der Waals surface area (Å²) < 4.78 is 5.68. The van der Waals surface area contributed by atoms with Gasteiger partial charge in [0.1, 0.15) is 0 Å². The number of hydrogen-bond donors (Lipinski definition) is 2. The molecule has 1 saturated carbocycles. The maximum atomic E-state index is 12.5. The fraction of sp³-hybridized carbons (Fsp3) is 0.500. The fourth-order valence-electron chi connectivity index (χ4n) is 3.00. The highest BCUT2D eigenvalue weighted by molar-refractivity contribution is 5.95. The van der Waals surface area contributed by atoms with E-state index in [1.165, 1.54) is 18.2 Å². The highest BCUT2D eigenvalue weighted by Crippen LogP contribution is 2.32. The summed E-state index contributed by atoms with van der Waals surface area (Å²) in [6.07, 6.45) is 3.22. The summed E-state index contributed by atoms with van der Waals surface area (Å²) in [4.78, 5) is 14.3. The highest BCUT2D eigenvalue weighted by atomic mass is 16.5. The van der Waals surface area contributed by atoms with Crippen LogP contribution >= 0.6 is 0 Å². The summed E-state index contributed by atoms with van der Waals surface area (Å²) >= 11 is 0. The molecule has 2 fully saturated rings. The van der Waals surface area contributed by atoms with Crippen molar-refractivity contribution < 1.29 is 19.7 Å². The predicted octanol–water partition coefficient (Wildman–Crippen LogP) is 1.49. The fourth-order valence-corrected chi connectivity index (χ4v) is 3.00. The van der Waals surface area contributed by atoms with Gasteiger partial charge in [-0.3, -0.25) is 4.79 Å². The van der Waals surface area contributed by atoms with Crippen LogP contribution in [0.25, 0.3) is 0 Å². The monoisotopic (exact) mass is 263 g/mol. The molecular weight excluding hydrogens is 246 g/mol. The minimum atomic E-state index is -0.262. The van der Waals surface area contributed by atoms with Crippen molar-refractivity contribution >= 4 is 5.91 Å². The third-order valence-electron chi connectivity index (χ3n) is 3.97. The molecule has 19 heavy (non-hydrogen) atoms. The first-order valence-corrected chi connectivity index (χ1v) is 6.61. The van der Waals surface area contributed by atoms with Gasteiger partial charge in [-0.25, -0.2) is 0 Å². The number of carbonyl (C=O) groups excluding carboxylic acids is 1. The first-order chi connectivity index (χ1) is 9.16. The normalized spacial score (nSPS) is 26.2. The van der Waals surface area contributed by atoms with Crippen LogP contribution in [0, 0.1) is 0 Å². The van der Waals surface area contributed by atoms with Crippen LogP contribution in [0.3, 0.4) is 0 Å². The lowest BCUT2D eigenvalue weighted by atomic mass is 10.1. The summed E-state index contributed by atoms with van der Waals surface area (Å²) in [5, 5.41) is 18.8. The Labute approximate surface area is 111 Å². The number of benzene rings is 1. The Morgan fingerprint density at radius 3 is 2.89 bits per heavy atom. The molecule has 1 heterocycles. The van der Waals surface area contributed by atoms with Crippen molar-refractivity contribution in [2.45, 2.75) is 31.4 Å². The molecule has 2 atom stereocenters. The molecule has 102 valence electrons. The summed E-state index contributed by atoms with van der Waals surface area (Å²) in [7, 11) is 0. The molecule has 2 aliphatic rings. The zero-order chi connectivity index (χ0) is 13.4. The second kappa shape index (κ2) is 4.74. The van der Waals surface area contributed by atoms with Crippen LogP contribution < -0.4 is 0 Å². The van der Waals surface area contributed by atoms with E-state index in [0.717, 1.165) is 19.3 Å². The van der Waals surface area contributed by atoms with E-state index in [-0.39, 0.29) is 29.6 Å². The summed E-state index contributed by atoms with van der Waals surface area (Å²) in [5.74, 6) is -0.574. The lowest BCUT2D eigenvalue weighted by molar-refractivity contribution is -0.0445. The Hall–Kier alpha value is -1.75. The van der Waals surface area contributed by atoms with Crippen LogP contribution in [-0.4, -0.2) is 46.3 Å². The number of carbonyl (C=O) groups is 1. The number of phenolic OH excluding ortho intramolecular Hbond substituents is 2. The van der Waals surface area contributed by atoms with Crippen LogP contribution in [0.4, 0.5) is 0 Å². The molecule has 5 heteroatoms. The minimum absolute atomic E-state index is 0.101. The van der Waals surface area contributed by atoms with Gasteiger partial charge in [0, 0.05) is 12.1 Å². The first-order valence-electron chi connectivity index (χ1n) is 6.61. The lowest BCUT2D eigenvalue weighted by Crippen LogP contribution is -2.51. The zero-order valence-electron chi connectivity index (χ0n) is 10.6. The van der Waals surface area contributed by atoms with Crippen molar-refractivity contribution in [2.75, 3.05) is 13.2 Å². The highest BCUT2D eigenvalue weighted by Gasteiger charge is 2.38. The molecule has 1 aliphatic heterocycles. The molecule has 5 nitrogen and oxygen atoms in total. The number of aromatic hydroxyl groups is 2. The van der Waals surface area contributed by atoms with E-state index >= 15 is 0 Å². The molecule has 1 aromatic rings. The predicted molar refractivity (Wildman–Crippen MR) is 68.2 cm³/mol. The van der Waals surface area contributed by atoms with Gasteiger partial charge in [0.25, 0.3) is 5.91 Å². The number of rotatable bonds is 1. The van der Waals surface area contributed by atoms with E-state index in [1.807, 2.05) is 4.90 Å². The Balaban J connectivity index is 1.84. The number of amides is 1.